The molecule has 0 saturated carbocycles. The maximum atomic E-state index is 12.8. The fraction of sp³-hybridized carbons (Fsp3) is 0.343. The first kappa shape index (κ1) is 30.3. The van der Waals surface area contributed by atoms with Crippen molar-refractivity contribution in [3.63, 3.8) is 0 Å². The van der Waals surface area contributed by atoms with Crippen LogP contribution in [0.2, 0.25) is 0 Å². The van der Waals surface area contributed by atoms with Gasteiger partial charge in [0.25, 0.3) is 0 Å². The van der Waals surface area contributed by atoms with Crippen LogP contribution < -0.4 is 20.3 Å². The molecule has 4 aromatic rings. The number of aromatic nitrogens is 2. The van der Waals surface area contributed by atoms with E-state index in [1.165, 1.54) is 16.8 Å². The molecule has 7 nitrogen and oxygen atoms in total. The second kappa shape index (κ2) is 11.8. The van der Waals surface area contributed by atoms with Crippen molar-refractivity contribution in [3.05, 3.63) is 101 Å². The normalized spacial score (nSPS) is 16.7. The molecule has 43 heavy (non-hydrogen) atoms. The number of nitrogens with one attached hydrogen (secondary N) is 2. The van der Waals surface area contributed by atoms with Crippen LogP contribution in [-0.4, -0.2) is 27.7 Å². The summed E-state index contributed by atoms with van der Waals surface area (Å²) >= 11 is 6.01. The number of benzene rings is 2. The van der Waals surface area contributed by atoms with Crippen molar-refractivity contribution in [3.8, 4) is 11.4 Å². The van der Waals surface area contributed by atoms with E-state index in [1.54, 1.807) is 7.11 Å². The number of aryl methyl sites for hydroxylation is 3. The van der Waals surface area contributed by atoms with Crippen molar-refractivity contribution in [2.24, 2.45) is 5.41 Å². The van der Waals surface area contributed by atoms with E-state index in [4.69, 9.17) is 21.9 Å². The van der Waals surface area contributed by atoms with Crippen molar-refractivity contribution in [1.29, 1.82) is 0 Å². The maximum Gasteiger partial charge on any atom is 0.229 e. The standard InChI is InChI=1S/C35H41N5O2S/c1-9-24-14-12-13-21(2)31(24)39-22(3)19-26(23(39)4)32-30(28-15-10-11-18-36-28)38-34(43)40(32)25-16-17-27(29(20-25)42-8)37-33(41)35(5,6)7/h10-20,30,32H,9H2,1-8H3,(H,37,41)(H,38,43). The van der Waals surface area contributed by atoms with E-state index >= 15 is 0 Å². The number of amides is 1. The van der Waals surface area contributed by atoms with Gasteiger partial charge in [-0.05, 0) is 86.4 Å². The molecule has 8 heteroatoms. The van der Waals surface area contributed by atoms with Gasteiger partial charge in [-0.15, -0.1) is 0 Å². The summed E-state index contributed by atoms with van der Waals surface area (Å²) in [6.07, 6.45) is 2.76. The summed E-state index contributed by atoms with van der Waals surface area (Å²) in [5.74, 6) is 0.482. The topological polar surface area (TPSA) is 71.4 Å². The molecule has 1 aliphatic heterocycles. The predicted molar refractivity (Wildman–Crippen MR) is 178 cm³/mol. The summed E-state index contributed by atoms with van der Waals surface area (Å²) in [5.41, 5.74) is 9.12. The number of para-hydroxylation sites is 1. The third-order valence-corrected chi connectivity index (χ3v) is 8.52. The number of carbonyl (C=O) groups is 1. The maximum absolute atomic E-state index is 12.8. The number of hydrogen-bond donors (Lipinski definition) is 2. The van der Waals surface area contributed by atoms with Crippen LogP contribution in [0.3, 0.4) is 0 Å². The van der Waals surface area contributed by atoms with Crippen molar-refractivity contribution in [1.82, 2.24) is 14.9 Å². The van der Waals surface area contributed by atoms with Crippen LogP contribution in [0.5, 0.6) is 5.75 Å². The van der Waals surface area contributed by atoms with Gasteiger partial charge in [0.15, 0.2) is 5.11 Å². The first-order valence-corrected chi connectivity index (χ1v) is 15.1. The molecule has 2 unspecified atom stereocenters. The lowest BCUT2D eigenvalue weighted by molar-refractivity contribution is -0.123. The first-order valence-electron chi connectivity index (χ1n) is 14.7. The Morgan fingerprint density at radius 2 is 1.84 bits per heavy atom. The zero-order chi connectivity index (χ0) is 31.1. The fourth-order valence-electron chi connectivity index (χ4n) is 5.95. The largest absolute Gasteiger partial charge is 0.494 e. The van der Waals surface area contributed by atoms with Gasteiger partial charge in [0, 0.05) is 34.8 Å². The Balaban J connectivity index is 1.66. The number of nitrogens with zero attached hydrogens (tertiary/aromatic N) is 3. The Kier molecular flexibility index (Phi) is 8.34. The molecular weight excluding hydrogens is 554 g/mol. The molecule has 2 aromatic heterocycles. The van der Waals surface area contributed by atoms with Gasteiger partial charge >= 0.3 is 0 Å². The van der Waals surface area contributed by atoms with E-state index in [9.17, 15) is 4.79 Å². The number of pyridine rings is 1. The average molecular weight is 596 g/mol. The van der Waals surface area contributed by atoms with Gasteiger partial charge in [0.05, 0.1) is 36.3 Å². The van der Waals surface area contributed by atoms with E-state index in [-0.39, 0.29) is 18.0 Å². The third-order valence-electron chi connectivity index (χ3n) is 8.21. The summed E-state index contributed by atoms with van der Waals surface area (Å²) in [5, 5.41) is 7.20. The van der Waals surface area contributed by atoms with Crippen molar-refractivity contribution in [2.45, 2.75) is 67.0 Å². The number of hydrogen-bond acceptors (Lipinski definition) is 4. The van der Waals surface area contributed by atoms with Gasteiger partial charge in [-0.2, -0.15) is 0 Å². The molecule has 0 aliphatic carbocycles. The van der Waals surface area contributed by atoms with Crippen molar-refractivity contribution in [2.75, 3.05) is 17.3 Å². The smallest absolute Gasteiger partial charge is 0.229 e. The number of methoxy groups -OCH3 is 1. The second-order valence-electron chi connectivity index (χ2n) is 12.2. The summed E-state index contributed by atoms with van der Waals surface area (Å²) < 4.78 is 8.15. The van der Waals surface area contributed by atoms with E-state index < -0.39 is 5.41 Å². The van der Waals surface area contributed by atoms with Crippen LogP contribution in [0.25, 0.3) is 5.69 Å². The fourth-order valence-corrected chi connectivity index (χ4v) is 6.29. The van der Waals surface area contributed by atoms with E-state index in [2.05, 4.69) is 72.1 Å². The molecule has 5 rings (SSSR count). The van der Waals surface area contributed by atoms with E-state index in [0.717, 1.165) is 34.8 Å². The van der Waals surface area contributed by atoms with Crippen molar-refractivity contribution < 1.29 is 9.53 Å². The van der Waals surface area contributed by atoms with E-state index in [0.29, 0.717) is 16.5 Å². The lowest BCUT2D eigenvalue weighted by atomic mass is 9.95. The average Bonchev–Trinajstić information content (AvgIpc) is 3.47. The summed E-state index contributed by atoms with van der Waals surface area (Å²) in [6, 6.07) is 20.2. The zero-order valence-electron chi connectivity index (χ0n) is 26.3. The highest BCUT2D eigenvalue weighted by molar-refractivity contribution is 7.80. The molecule has 1 saturated heterocycles. The molecule has 2 N–H and O–H groups in total. The molecule has 1 amide bonds. The van der Waals surface area contributed by atoms with Gasteiger partial charge in [-0.3, -0.25) is 9.78 Å². The van der Waals surface area contributed by atoms with Crippen LogP contribution in [0.15, 0.2) is 66.9 Å². The summed E-state index contributed by atoms with van der Waals surface area (Å²) in [6.45, 7) is 14.4. The van der Waals surface area contributed by atoms with Gasteiger partial charge in [0.1, 0.15) is 5.75 Å². The molecule has 224 valence electrons. The summed E-state index contributed by atoms with van der Waals surface area (Å²) in [4.78, 5) is 19.7. The van der Waals surface area contributed by atoms with Gasteiger partial charge in [-0.25, -0.2) is 0 Å². The Bertz CT molecular complexity index is 1670. The number of anilines is 2. The minimum Gasteiger partial charge on any atom is -0.494 e. The Hall–Kier alpha value is -4.17. The van der Waals surface area contributed by atoms with Gasteiger partial charge in [-0.1, -0.05) is 52.0 Å². The first-order chi connectivity index (χ1) is 20.5. The van der Waals surface area contributed by atoms with Crippen molar-refractivity contribution >= 4 is 34.6 Å². The highest BCUT2D eigenvalue weighted by Gasteiger charge is 2.42. The molecule has 2 aromatic carbocycles. The van der Waals surface area contributed by atoms with Crippen LogP contribution >= 0.6 is 12.2 Å². The quantitative estimate of drug-likeness (QED) is 0.215. The lowest BCUT2D eigenvalue weighted by Gasteiger charge is -2.29. The predicted octanol–water partition coefficient (Wildman–Crippen LogP) is 7.53. The molecule has 3 heterocycles. The summed E-state index contributed by atoms with van der Waals surface area (Å²) in [7, 11) is 1.61. The SMILES string of the molecule is CCc1cccc(C)c1-n1c(C)cc(C2C(c3ccccn3)NC(=S)N2c2ccc(NC(=O)C(C)(C)C)c(OC)c2)c1C. The van der Waals surface area contributed by atoms with Crippen LogP contribution in [-0.2, 0) is 11.2 Å². The Morgan fingerprint density at radius 1 is 1.07 bits per heavy atom. The molecular formula is C35H41N5O2S. The molecule has 1 aliphatic rings. The van der Waals surface area contributed by atoms with Crippen LogP contribution in [0, 0.1) is 26.2 Å². The minimum absolute atomic E-state index is 0.0832. The van der Waals surface area contributed by atoms with Gasteiger partial charge in [0.2, 0.25) is 5.91 Å². The van der Waals surface area contributed by atoms with Crippen LogP contribution in [0.1, 0.15) is 73.6 Å². The second-order valence-corrected chi connectivity index (χ2v) is 12.6. The molecule has 2 atom stereocenters. The zero-order valence-corrected chi connectivity index (χ0v) is 27.1. The molecule has 1 fully saturated rings. The third kappa shape index (κ3) is 5.64. The monoisotopic (exact) mass is 595 g/mol. The molecule has 0 bridgehead atoms. The number of thiocarbonyl (C=S) groups is 1. The number of rotatable bonds is 7. The van der Waals surface area contributed by atoms with Gasteiger partial charge < -0.3 is 24.8 Å². The highest BCUT2D eigenvalue weighted by Crippen LogP contribution is 2.45. The minimum atomic E-state index is -0.539. The number of carbonyl (C=O) groups excluding carboxylic acids is 1. The molecule has 0 radical (unpaired) electrons. The number of ether oxygens (including phenoxy) is 1. The Morgan fingerprint density at radius 3 is 2.49 bits per heavy atom. The van der Waals surface area contributed by atoms with E-state index in [1.807, 2.05) is 63.4 Å². The lowest BCUT2D eigenvalue weighted by Crippen LogP contribution is -2.30. The highest BCUT2D eigenvalue weighted by atomic mass is 32.1. The van der Waals surface area contributed by atoms with Crippen LogP contribution in [0.4, 0.5) is 11.4 Å². The Labute approximate surface area is 260 Å². The molecule has 0 spiro atoms.